The minimum Gasteiger partial charge on any atom is -0.494 e. The number of anilines is 1. The van der Waals surface area contributed by atoms with Crippen molar-refractivity contribution in [3.8, 4) is 17.1 Å². The molecule has 3 aromatic rings. The van der Waals surface area contributed by atoms with Gasteiger partial charge in [-0.05, 0) is 61.6 Å². The zero-order chi connectivity index (χ0) is 23.5. The van der Waals surface area contributed by atoms with E-state index in [2.05, 4.69) is 5.32 Å². The maximum atomic E-state index is 13.2. The van der Waals surface area contributed by atoms with Gasteiger partial charge < -0.3 is 14.3 Å². The first-order valence-electron chi connectivity index (χ1n) is 9.95. The highest BCUT2D eigenvalue weighted by atomic mass is 32.1. The summed E-state index contributed by atoms with van der Waals surface area (Å²) < 4.78 is 11.2. The number of benzene rings is 2. The summed E-state index contributed by atoms with van der Waals surface area (Å²) in [4.78, 5) is 38.1. The highest BCUT2D eigenvalue weighted by molar-refractivity contribution is 7.80. The second-order valence-corrected chi connectivity index (χ2v) is 7.36. The quantitative estimate of drug-likeness (QED) is 0.325. The molecule has 2 aromatic carbocycles. The highest BCUT2D eigenvalue weighted by Crippen LogP contribution is 2.28. The number of ether oxygens (including phenoxy) is 1. The molecule has 1 aromatic heterocycles. The van der Waals surface area contributed by atoms with Crippen molar-refractivity contribution in [1.82, 2.24) is 5.32 Å². The third kappa shape index (κ3) is 4.53. The standard InChI is InChI=1S/C24H18N2O6S/c1-2-31-17-8-4-7-16(12-17)26-22(28)19(21(27)25-24(26)33)13-18-9-10-20(32-18)14-5-3-6-15(11-14)23(29)30/h3-13H,2H2,1H3,(H,29,30)(H,25,27,33). The van der Waals surface area contributed by atoms with Crippen LogP contribution in [0.4, 0.5) is 5.69 Å². The molecule has 1 aliphatic heterocycles. The summed E-state index contributed by atoms with van der Waals surface area (Å²) in [5, 5.41) is 11.7. The monoisotopic (exact) mass is 462 g/mol. The second kappa shape index (κ2) is 9.09. The molecule has 1 aliphatic rings. The third-order valence-electron chi connectivity index (χ3n) is 4.80. The van der Waals surface area contributed by atoms with Gasteiger partial charge in [-0.2, -0.15) is 0 Å². The molecular formula is C24H18N2O6S. The van der Waals surface area contributed by atoms with Gasteiger partial charge in [-0.1, -0.05) is 18.2 Å². The lowest BCUT2D eigenvalue weighted by molar-refractivity contribution is -0.122. The molecule has 166 valence electrons. The van der Waals surface area contributed by atoms with Crippen molar-refractivity contribution in [3.05, 3.63) is 77.6 Å². The Balaban J connectivity index is 1.65. The van der Waals surface area contributed by atoms with Crippen molar-refractivity contribution in [2.24, 2.45) is 0 Å². The van der Waals surface area contributed by atoms with E-state index in [1.165, 1.54) is 23.1 Å². The molecule has 2 heterocycles. The summed E-state index contributed by atoms with van der Waals surface area (Å²) in [5.74, 6) is -1.10. The molecular weight excluding hydrogens is 444 g/mol. The number of carbonyl (C=O) groups is 3. The van der Waals surface area contributed by atoms with E-state index in [1.54, 1.807) is 48.5 Å². The normalized spacial score (nSPS) is 15.0. The Morgan fingerprint density at radius 1 is 1.15 bits per heavy atom. The van der Waals surface area contributed by atoms with Crippen molar-refractivity contribution in [3.63, 3.8) is 0 Å². The maximum absolute atomic E-state index is 13.2. The van der Waals surface area contributed by atoms with E-state index < -0.39 is 17.8 Å². The Morgan fingerprint density at radius 3 is 2.70 bits per heavy atom. The van der Waals surface area contributed by atoms with E-state index in [4.69, 9.17) is 21.4 Å². The third-order valence-corrected chi connectivity index (χ3v) is 5.08. The number of thiocarbonyl (C=S) groups is 1. The fourth-order valence-corrected chi connectivity index (χ4v) is 3.59. The molecule has 2 amide bonds. The lowest BCUT2D eigenvalue weighted by Crippen LogP contribution is -2.54. The Labute approximate surface area is 194 Å². The zero-order valence-corrected chi connectivity index (χ0v) is 18.2. The molecule has 0 unspecified atom stereocenters. The molecule has 0 atom stereocenters. The molecule has 0 spiro atoms. The predicted octanol–water partition coefficient (Wildman–Crippen LogP) is 3.87. The molecule has 33 heavy (non-hydrogen) atoms. The number of carboxylic acid groups (broad SMARTS) is 1. The molecule has 2 N–H and O–H groups in total. The number of hydrogen-bond donors (Lipinski definition) is 2. The minimum absolute atomic E-state index is 0.0404. The largest absolute Gasteiger partial charge is 0.494 e. The molecule has 9 heteroatoms. The van der Waals surface area contributed by atoms with Gasteiger partial charge in [0.05, 0.1) is 17.9 Å². The molecule has 8 nitrogen and oxygen atoms in total. The Bertz CT molecular complexity index is 1310. The van der Waals surface area contributed by atoms with Gasteiger partial charge in [-0.25, -0.2) is 4.79 Å². The lowest BCUT2D eigenvalue weighted by atomic mass is 10.1. The second-order valence-electron chi connectivity index (χ2n) is 6.98. The number of amides is 2. The van der Waals surface area contributed by atoms with Crippen molar-refractivity contribution in [1.29, 1.82) is 0 Å². The van der Waals surface area contributed by atoms with Crippen LogP contribution in [0.3, 0.4) is 0 Å². The number of furan rings is 1. The topological polar surface area (TPSA) is 109 Å². The van der Waals surface area contributed by atoms with Crippen LogP contribution in [0.2, 0.25) is 0 Å². The van der Waals surface area contributed by atoms with Gasteiger partial charge in [-0.15, -0.1) is 0 Å². The van der Waals surface area contributed by atoms with Crippen LogP contribution >= 0.6 is 12.2 Å². The van der Waals surface area contributed by atoms with Crippen molar-refractivity contribution in [2.45, 2.75) is 6.92 Å². The molecule has 0 radical (unpaired) electrons. The van der Waals surface area contributed by atoms with Gasteiger partial charge in [0.1, 0.15) is 22.8 Å². The van der Waals surface area contributed by atoms with Crippen LogP contribution in [0.15, 0.2) is 70.7 Å². The molecule has 0 saturated carbocycles. The number of aromatic carboxylic acids is 1. The SMILES string of the molecule is CCOc1cccc(N2C(=O)C(=Cc3ccc(-c4cccc(C(=O)O)c4)o3)C(=O)NC2=S)c1. The molecule has 1 fully saturated rings. The van der Waals surface area contributed by atoms with Gasteiger partial charge in [0, 0.05) is 11.6 Å². The number of nitrogens with zero attached hydrogens (tertiary/aromatic N) is 1. The van der Waals surface area contributed by atoms with Gasteiger partial charge in [0.25, 0.3) is 11.8 Å². The van der Waals surface area contributed by atoms with Gasteiger partial charge in [0.2, 0.25) is 0 Å². The highest BCUT2D eigenvalue weighted by Gasteiger charge is 2.35. The van der Waals surface area contributed by atoms with Crippen LogP contribution < -0.4 is 15.0 Å². The summed E-state index contributed by atoms with van der Waals surface area (Å²) in [6.45, 7) is 2.31. The fourth-order valence-electron chi connectivity index (χ4n) is 3.30. The van der Waals surface area contributed by atoms with Crippen LogP contribution in [0, 0.1) is 0 Å². The molecule has 0 bridgehead atoms. The van der Waals surface area contributed by atoms with E-state index in [0.29, 0.717) is 29.4 Å². The average molecular weight is 462 g/mol. The van der Waals surface area contributed by atoms with Gasteiger partial charge >= 0.3 is 5.97 Å². The Hall–Kier alpha value is -4.24. The molecule has 0 aliphatic carbocycles. The van der Waals surface area contributed by atoms with E-state index in [9.17, 15) is 19.5 Å². The summed E-state index contributed by atoms with van der Waals surface area (Å²) in [6.07, 6.45) is 1.32. The van der Waals surface area contributed by atoms with Crippen molar-refractivity contribution < 1.29 is 28.6 Å². The maximum Gasteiger partial charge on any atom is 0.335 e. The summed E-state index contributed by atoms with van der Waals surface area (Å²) in [5.41, 5.74) is 0.955. The summed E-state index contributed by atoms with van der Waals surface area (Å²) in [6, 6.07) is 16.3. The van der Waals surface area contributed by atoms with Crippen molar-refractivity contribution >= 4 is 46.9 Å². The summed E-state index contributed by atoms with van der Waals surface area (Å²) in [7, 11) is 0. The zero-order valence-electron chi connectivity index (χ0n) is 17.4. The first-order chi connectivity index (χ1) is 15.9. The van der Waals surface area contributed by atoms with E-state index in [0.717, 1.165) is 0 Å². The van der Waals surface area contributed by atoms with Crippen LogP contribution in [0.1, 0.15) is 23.0 Å². The van der Waals surface area contributed by atoms with Crippen LogP contribution in [0.5, 0.6) is 5.75 Å². The van der Waals surface area contributed by atoms with Crippen LogP contribution in [0.25, 0.3) is 17.4 Å². The predicted molar refractivity (Wildman–Crippen MR) is 125 cm³/mol. The fraction of sp³-hybridized carbons (Fsp3) is 0.0833. The summed E-state index contributed by atoms with van der Waals surface area (Å²) >= 11 is 5.22. The minimum atomic E-state index is -1.06. The number of carboxylic acids is 1. The van der Waals surface area contributed by atoms with E-state index in [-0.39, 0.29) is 22.0 Å². The van der Waals surface area contributed by atoms with Crippen LogP contribution in [-0.2, 0) is 9.59 Å². The van der Waals surface area contributed by atoms with Gasteiger partial charge in [-0.3, -0.25) is 19.8 Å². The van der Waals surface area contributed by atoms with E-state index in [1.807, 2.05) is 6.92 Å². The first-order valence-corrected chi connectivity index (χ1v) is 10.4. The number of hydrogen-bond acceptors (Lipinski definition) is 6. The molecule has 1 saturated heterocycles. The van der Waals surface area contributed by atoms with Crippen molar-refractivity contribution in [2.75, 3.05) is 11.5 Å². The Kier molecular flexibility index (Phi) is 6.05. The lowest BCUT2D eigenvalue weighted by Gasteiger charge is -2.29. The Morgan fingerprint density at radius 2 is 1.94 bits per heavy atom. The number of nitrogens with one attached hydrogen (secondary N) is 1. The van der Waals surface area contributed by atoms with E-state index >= 15 is 0 Å². The first kappa shape index (κ1) is 22.0. The number of carbonyl (C=O) groups excluding carboxylic acids is 2. The smallest absolute Gasteiger partial charge is 0.335 e. The average Bonchev–Trinajstić information content (AvgIpc) is 3.26. The number of rotatable bonds is 6. The van der Waals surface area contributed by atoms with Gasteiger partial charge in [0.15, 0.2) is 5.11 Å². The van der Waals surface area contributed by atoms with Crippen LogP contribution in [-0.4, -0.2) is 34.6 Å². The molecule has 4 rings (SSSR count).